The van der Waals surface area contributed by atoms with Gasteiger partial charge in [-0.3, -0.25) is 19.8 Å². The lowest BCUT2D eigenvalue weighted by Gasteiger charge is -2.15. The largest absolute Gasteiger partial charge is 0.327 e. The molecule has 1 N–H and O–H groups in total. The zero-order valence-electron chi connectivity index (χ0n) is 14.6. The highest BCUT2D eigenvalue weighted by molar-refractivity contribution is 7.80. The fraction of sp³-hybridized carbons (Fsp3) is 0.158. The minimum absolute atomic E-state index is 0.0125. The molecule has 6 nitrogen and oxygen atoms in total. The van der Waals surface area contributed by atoms with E-state index in [2.05, 4.69) is 5.32 Å². The minimum atomic E-state index is -0.437. The van der Waals surface area contributed by atoms with Crippen LogP contribution in [0.4, 0.5) is 11.4 Å². The van der Waals surface area contributed by atoms with Crippen molar-refractivity contribution in [2.75, 3.05) is 4.90 Å². The summed E-state index contributed by atoms with van der Waals surface area (Å²) in [5.74, 6) is -0.289. The molecule has 2 aromatic carbocycles. The quantitative estimate of drug-likeness (QED) is 0.387. The molecule has 1 heterocycles. The molecule has 0 unspecified atom stereocenters. The first-order chi connectivity index (χ1) is 12.3. The van der Waals surface area contributed by atoms with Crippen molar-refractivity contribution in [3.8, 4) is 0 Å². The molecule has 1 aliphatic rings. The number of nitrogens with zero attached hydrogens (tertiary/aromatic N) is 2. The van der Waals surface area contributed by atoms with Crippen LogP contribution >= 0.6 is 12.2 Å². The zero-order valence-corrected chi connectivity index (χ0v) is 15.4. The normalized spacial score (nSPS) is 15.5. The van der Waals surface area contributed by atoms with Gasteiger partial charge in [0.1, 0.15) is 5.70 Å². The molecule has 1 saturated heterocycles. The number of nitro benzene ring substituents is 1. The number of aryl methyl sites for hydroxylation is 3. The van der Waals surface area contributed by atoms with Gasteiger partial charge in [-0.15, -0.1) is 0 Å². The highest BCUT2D eigenvalue weighted by Crippen LogP contribution is 2.26. The van der Waals surface area contributed by atoms with Crippen LogP contribution in [0.1, 0.15) is 22.3 Å². The van der Waals surface area contributed by atoms with Crippen molar-refractivity contribution in [2.24, 2.45) is 0 Å². The second-order valence-corrected chi connectivity index (χ2v) is 6.66. The van der Waals surface area contributed by atoms with Gasteiger partial charge in [-0.25, -0.2) is 0 Å². The Morgan fingerprint density at radius 1 is 1.12 bits per heavy atom. The van der Waals surface area contributed by atoms with Crippen molar-refractivity contribution < 1.29 is 9.72 Å². The first-order valence-corrected chi connectivity index (χ1v) is 8.37. The van der Waals surface area contributed by atoms with Gasteiger partial charge in [0.05, 0.1) is 10.6 Å². The molecule has 0 saturated carbocycles. The van der Waals surface area contributed by atoms with Crippen molar-refractivity contribution >= 4 is 40.7 Å². The predicted octanol–water partition coefficient (Wildman–Crippen LogP) is 3.78. The Balaban J connectivity index is 1.97. The van der Waals surface area contributed by atoms with E-state index >= 15 is 0 Å². The fourth-order valence-electron chi connectivity index (χ4n) is 2.93. The van der Waals surface area contributed by atoms with Crippen LogP contribution in [0.2, 0.25) is 0 Å². The Morgan fingerprint density at radius 3 is 2.38 bits per heavy atom. The number of rotatable bonds is 3. The minimum Gasteiger partial charge on any atom is -0.327 e. The topological polar surface area (TPSA) is 75.5 Å². The molecule has 0 aliphatic carbocycles. The summed E-state index contributed by atoms with van der Waals surface area (Å²) >= 11 is 5.31. The third-order valence-corrected chi connectivity index (χ3v) is 4.37. The average molecular weight is 367 g/mol. The molecule has 0 spiro atoms. The molecule has 0 radical (unpaired) electrons. The molecule has 1 aliphatic heterocycles. The van der Waals surface area contributed by atoms with E-state index in [4.69, 9.17) is 12.2 Å². The van der Waals surface area contributed by atoms with E-state index in [-0.39, 0.29) is 22.4 Å². The number of hydrogen-bond acceptors (Lipinski definition) is 4. The van der Waals surface area contributed by atoms with Crippen molar-refractivity contribution in [3.63, 3.8) is 0 Å². The number of anilines is 1. The van der Waals surface area contributed by atoms with Crippen molar-refractivity contribution in [1.82, 2.24) is 5.32 Å². The zero-order chi connectivity index (χ0) is 19.0. The van der Waals surface area contributed by atoms with Crippen LogP contribution in [0.15, 0.2) is 42.1 Å². The van der Waals surface area contributed by atoms with Crippen LogP contribution in [0, 0.1) is 30.9 Å². The molecule has 0 atom stereocenters. The SMILES string of the molecule is Cc1cc(C)cc(N2C(=O)/C(=C\c3ccc(C)c([N+](=O)[O-])c3)NC2=S)c1. The summed E-state index contributed by atoms with van der Waals surface area (Å²) in [4.78, 5) is 24.9. The number of benzene rings is 2. The summed E-state index contributed by atoms with van der Waals surface area (Å²) in [6.07, 6.45) is 1.57. The van der Waals surface area contributed by atoms with E-state index < -0.39 is 4.92 Å². The first kappa shape index (κ1) is 17.8. The number of carbonyl (C=O) groups is 1. The van der Waals surface area contributed by atoms with Gasteiger partial charge in [-0.1, -0.05) is 18.2 Å². The monoisotopic (exact) mass is 367 g/mol. The third-order valence-electron chi connectivity index (χ3n) is 4.08. The van der Waals surface area contributed by atoms with Crippen LogP contribution in [0.3, 0.4) is 0 Å². The van der Waals surface area contributed by atoms with Gasteiger partial charge in [0.15, 0.2) is 5.11 Å². The Labute approximate surface area is 156 Å². The van der Waals surface area contributed by atoms with Crippen molar-refractivity contribution in [2.45, 2.75) is 20.8 Å². The van der Waals surface area contributed by atoms with E-state index in [9.17, 15) is 14.9 Å². The third kappa shape index (κ3) is 3.34. The van der Waals surface area contributed by atoms with Crippen LogP contribution in [-0.4, -0.2) is 15.9 Å². The molecule has 3 rings (SSSR count). The average Bonchev–Trinajstić information content (AvgIpc) is 2.82. The molecule has 1 fully saturated rings. The van der Waals surface area contributed by atoms with Crippen LogP contribution < -0.4 is 10.2 Å². The second-order valence-electron chi connectivity index (χ2n) is 6.28. The number of amides is 1. The van der Waals surface area contributed by atoms with Crippen LogP contribution in [0.25, 0.3) is 6.08 Å². The van der Waals surface area contributed by atoms with E-state index in [1.54, 1.807) is 25.1 Å². The van der Waals surface area contributed by atoms with Gasteiger partial charge < -0.3 is 5.32 Å². The number of thiocarbonyl (C=S) groups is 1. The maximum atomic E-state index is 12.8. The molecule has 26 heavy (non-hydrogen) atoms. The number of carbonyl (C=O) groups excluding carboxylic acids is 1. The van der Waals surface area contributed by atoms with Gasteiger partial charge in [-0.05, 0) is 67.9 Å². The second kappa shape index (κ2) is 6.68. The Hall–Kier alpha value is -3.06. The van der Waals surface area contributed by atoms with E-state index in [0.29, 0.717) is 16.8 Å². The molecule has 1 amide bonds. The Kier molecular flexibility index (Phi) is 4.56. The Morgan fingerprint density at radius 2 is 1.77 bits per heavy atom. The van der Waals surface area contributed by atoms with E-state index in [1.807, 2.05) is 32.0 Å². The van der Waals surface area contributed by atoms with Gasteiger partial charge in [-0.2, -0.15) is 0 Å². The summed E-state index contributed by atoms with van der Waals surface area (Å²) in [5.41, 5.74) is 4.18. The molecule has 0 aromatic heterocycles. The maximum absolute atomic E-state index is 12.8. The highest BCUT2D eigenvalue weighted by atomic mass is 32.1. The number of nitro groups is 1. The van der Waals surface area contributed by atoms with Crippen molar-refractivity contribution in [1.29, 1.82) is 0 Å². The lowest BCUT2D eigenvalue weighted by Crippen LogP contribution is -2.30. The summed E-state index contributed by atoms with van der Waals surface area (Å²) < 4.78 is 0. The Bertz CT molecular complexity index is 962. The predicted molar refractivity (Wildman–Crippen MR) is 105 cm³/mol. The van der Waals surface area contributed by atoms with Gasteiger partial charge in [0, 0.05) is 11.6 Å². The van der Waals surface area contributed by atoms with Gasteiger partial charge in [0.25, 0.3) is 11.6 Å². The molecule has 0 bridgehead atoms. The number of hydrogen-bond donors (Lipinski definition) is 1. The molecule has 2 aromatic rings. The summed E-state index contributed by atoms with van der Waals surface area (Å²) in [6, 6.07) is 10.6. The maximum Gasteiger partial charge on any atom is 0.281 e. The first-order valence-electron chi connectivity index (χ1n) is 7.97. The standard InChI is InChI=1S/C19H17N3O3S/c1-11-6-12(2)8-15(7-11)21-18(23)16(20-19(21)26)9-14-5-4-13(3)17(10-14)22(24)25/h4-10H,1-3H3,(H,20,26)/b16-9+. The van der Waals surface area contributed by atoms with E-state index in [1.165, 1.54) is 11.0 Å². The molecule has 132 valence electrons. The summed E-state index contributed by atoms with van der Waals surface area (Å²) in [6.45, 7) is 5.58. The fourth-order valence-corrected chi connectivity index (χ4v) is 3.23. The smallest absolute Gasteiger partial charge is 0.281 e. The number of nitrogens with one attached hydrogen (secondary N) is 1. The van der Waals surface area contributed by atoms with Crippen LogP contribution in [0.5, 0.6) is 0 Å². The van der Waals surface area contributed by atoms with E-state index in [0.717, 1.165) is 11.1 Å². The van der Waals surface area contributed by atoms with Gasteiger partial charge in [0.2, 0.25) is 0 Å². The lowest BCUT2D eigenvalue weighted by molar-refractivity contribution is -0.385. The molecular formula is C19H17N3O3S. The summed E-state index contributed by atoms with van der Waals surface area (Å²) in [7, 11) is 0. The van der Waals surface area contributed by atoms with Crippen molar-refractivity contribution in [3.05, 3.63) is 74.5 Å². The van der Waals surface area contributed by atoms with Gasteiger partial charge >= 0.3 is 0 Å². The lowest BCUT2D eigenvalue weighted by atomic mass is 10.1. The highest BCUT2D eigenvalue weighted by Gasteiger charge is 2.32. The molecule has 7 heteroatoms. The summed E-state index contributed by atoms with van der Waals surface area (Å²) in [5, 5.41) is 14.3. The molecular weight excluding hydrogens is 350 g/mol. The van der Waals surface area contributed by atoms with Crippen LogP contribution in [-0.2, 0) is 4.79 Å².